The molecule has 2 aromatic rings. The lowest BCUT2D eigenvalue weighted by Gasteiger charge is -2.06. The SMILES string of the molecule is Cc1cc(Cn2ccnc2N)ccc1Cl. The second-order valence-electron chi connectivity index (χ2n) is 3.50. The summed E-state index contributed by atoms with van der Waals surface area (Å²) < 4.78 is 1.89. The van der Waals surface area contributed by atoms with Crippen molar-refractivity contribution in [3.05, 3.63) is 46.7 Å². The van der Waals surface area contributed by atoms with Crippen LogP contribution in [-0.2, 0) is 6.54 Å². The topological polar surface area (TPSA) is 43.8 Å². The van der Waals surface area contributed by atoms with Crippen LogP contribution in [0.1, 0.15) is 11.1 Å². The molecule has 78 valence electrons. The van der Waals surface area contributed by atoms with Crippen LogP contribution in [-0.4, -0.2) is 9.55 Å². The third kappa shape index (κ3) is 2.13. The van der Waals surface area contributed by atoms with Gasteiger partial charge in [-0.05, 0) is 24.1 Å². The first kappa shape index (κ1) is 10.1. The van der Waals surface area contributed by atoms with Gasteiger partial charge in [0, 0.05) is 17.4 Å². The number of nitrogen functional groups attached to an aromatic ring is 1. The zero-order valence-electron chi connectivity index (χ0n) is 8.44. The first-order valence-corrected chi connectivity index (χ1v) is 5.06. The second-order valence-corrected chi connectivity index (χ2v) is 3.90. The van der Waals surface area contributed by atoms with Gasteiger partial charge in [0.05, 0.1) is 6.54 Å². The zero-order valence-corrected chi connectivity index (χ0v) is 9.20. The maximum Gasteiger partial charge on any atom is 0.200 e. The van der Waals surface area contributed by atoms with Gasteiger partial charge in [-0.1, -0.05) is 23.7 Å². The van der Waals surface area contributed by atoms with Crippen LogP contribution in [0.5, 0.6) is 0 Å². The van der Waals surface area contributed by atoms with Crippen LogP contribution in [0.4, 0.5) is 5.95 Å². The molecular formula is C11H12ClN3. The minimum absolute atomic E-state index is 0.530. The molecule has 0 unspecified atom stereocenters. The lowest BCUT2D eigenvalue weighted by atomic mass is 10.1. The number of imidazole rings is 1. The molecule has 4 heteroatoms. The number of benzene rings is 1. The van der Waals surface area contributed by atoms with Crippen molar-refractivity contribution in [3.63, 3.8) is 0 Å². The van der Waals surface area contributed by atoms with Crippen LogP contribution in [0.3, 0.4) is 0 Å². The summed E-state index contributed by atoms with van der Waals surface area (Å²) in [5.74, 6) is 0.530. The quantitative estimate of drug-likeness (QED) is 0.847. The summed E-state index contributed by atoms with van der Waals surface area (Å²) in [5.41, 5.74) is 7.93. The van der Waals surface area contributed by atoms with Gasteiger partial charge in [0.25, 0.3) is 0 Å². The molecule has 0 aliphatic carbocycles. The molecule has 2 N–H and O–H groups in total. The van der Waals surface area contributed by atoms with Crippen LogP contribution >= 0.6 is 11.6 Å². The third-order valence-electron chi connectivity index (χ3n) is 2.32. The number of halogens is 1. The fourth-order valence-electron chi connectivity index (χ4n) is 1.48. The molecule has 1 aromatic carbocycles. The highest BCUT2D eigenvalue weighted by molar-refractivity contribution is 6.31. The van der Waals surface area contributed by atoms with Gasteiger partial charge in [-0.3, -0.25) is 0 Å². The van der Waals surface area contributed by atoms with Gasteiger partial charge >= 0.3 is 0 Å². The van der Waals surface area contributed by atoms with Gasteiger partial charge in [-0.2, -0.15) is 0 Å². The van der Waals surface area contributed by atoms with E-state index >= 15 is 0 Å². The molecular weight excluding hydrogens is 210 g/mol. The normalized spacial score (nSPS) is 10.5. The standard InChI is InChI=1S/C11H12ClN3/c1-8-6-9(2-3-10(8)12)7-15-5-4-14-11(15)13/h2-6H,7H2,1H3,(H2,13,14). The van der Waals surface area contributed by atoms with Crippen molar-refractivity contribution in [2.75, 3.05) is 5.73 Å². The van der Waals surface area contributed by atoms with Crippen LogP contribution in [0.2, 0.25) is 5.02 Å². The van der Waals surface area contributed by atoms with Crippen molar-refractivity contribution in [2.45, 2.75) is 13.5 Å². The summed E-state index contributed by atoms with van der Waals surface area (Å²) >= 11 is 5.95. The summed E-state index contributed by atoms with van der Waals surface area (Å²) in [6.45, 7) is 2.72. The lowest BCUT2D eigenvalue weighted by Crippen LogP contribution is -2.03. The van der Waals surface area contributed by atoms with E-state index in [1.165, 1.54) is 5.56 Å². The maximum absolute atomic E-state index is 5.95. The Kier molecular flexibility index (Phi) is 2.64. The second kappa shape index (κ2) is 3.95. The third-order valence-corrected chi connectivity index (χ3v) is 2.75. The van der Waals surface area contributed by atoms with Crippen LogP contribution in [0, 0.1) is 6.92 Å². The fraction of sp³-hybridized carbons (Fsp3) is 0.182. The predicted octanol–water partition coefficient (Wildman–Crippen LogP) is 2.48. The Morgan fingerprint density at radius 2 is 2.27 bits per heavy atom. The Labute approximate surface area is 93.5 Å². The molecule has 0 aliphatic heterocycles. The van der Waals surface area contributed by atoms with E-state index in [2.05, 4.69) is 11.1 Å². The molecule has 1 aromatic heterocycles. The Morgan fingerprint density at radius 3 is 2.87 bits per heavy atom. The largest absolute Gasteiger partial charge is 0.369 e. The number of rotatable bonds is 2. The number of hydrogen-bond acceptors (Lipinski definition) is 2. The Hall–Kier alpha value is -1.48. The monoisotopic (exact) mass is 221 g/mol. The van der Waals surface area contributed by atoms with E-state index in [1.54, 1.807) is 6.20 Å². The molecule has 0 atom stereocenters. The average Bonchev–Trinajstić information content (AvgIpc) is 2.59. The first-order chi connectivity index (χ1) is 7.16. The molecule has 0 bridgehead atoms. The minimum Gasteiger partial charge on any atom is -0.369 e. The van der Waals surface area contributed by atoms with E-state index in [4.69, 9.17) is 17.3 Å². The highest BCUT2D eigenvalue weighted by Gasteiger charge is 2.01. The van der Waals surface area contributed by atoms with Crippen LogP contribution < -0.4 is 5.73 Å². The van der Waals surface area contributed by atoms with Crippen LogP contribution in [0.25, 0.3) is 0 Å². The highest BCUT2D eigenvalue weighted by Crippen LogP contribution is 2.17. The van der Waals surface area contributed by atoms with E-state index in [1.807, 2.05) is 29.8 Å². The van der Waals surface area contributed by atoms with Crippen molar-refractivity contribution >= 4 is 17.5 Å². The number of nitrogens with two attached hydrogens (primary N) is 1. The smallest absolute Gasteiger partial charge is 0.200 e. The van der Waals surface area contributed by atoms with Gasteiger partial charge in [-0.25, -0.2) is 4.98 Å². The van der Waals surface area contributed by atoms with E-state index in [9.17, 15) is 0 Å². The molecule has 1 heterocycles. The van der Waals surface area contributed by atoms with Gasteiger partial charge < -0.3 is 10.3 Å². The Bertz CT molecular complexity index is 476. The molecule has 0 spiro atoms. The fourth-order valence-corrected chi connectivity index (χ4v) is 1.59. The van der Waals surface area contributed by atoms with Gasteiger partial charge in [-0.15, -0.1) is 0 Å². The van der Waals surface area contributed by atoms with E-state index < -0.39 is 0 Å². The molecule has 0 amide bonds. The van der Waals surface area contributed by atoms with Crippen molar-refractivity contribution in [2.24, 2.45) is 0 Å². The van der Waals surface area contributed by atoms with E-state index in [0.29, 0.717) is 5.95 Å². The Morgan fingerprint density at radius 1 is 1.47 bits per heavy atom. The molecule has 0 saturated heterocycles. The molecule has 3 nitrogen and oxygen atoms in total. The summed E-state index contributed by atoms with van der Waals surface area (Å²) in [6.07, 6.45) is 3.55. The van der Waals surface area contributed by atoms with E-state index in [0.717, 1.165) is 17.1 Å². The highest BCUT2D eigenvalue weighted by atomic mass is 35.5. The van der Waals surface area contributed by atoms with Crippen LogP contribution in [0.15, 0.2) is 30.6 Å². The number of aryl methyl sites for hydroxylation is 1. The molecule has 2 rings (SSSR count). The molecule has 0 aliphatic rings. The van der Waals surface area contributed by atoms with Crippen molar-refractivity contribution in [1.82, 2.24) is 9.55 Å². The number of hydrogen-bond donors (Lipinski definition) is 1. The summed E-state index contributed by atoms with van der Waals surface area (Å²) in [4.78, 5) is 3.97. The Balaban J connectivity index is 2.25. The maximum atomic E-state index is 5.95. The minimum atomic E-state index is 0.530. The first-order valence-electron chi connectivity index (χ1n) is 4.68. The van der Waals surface area contributed by atoms with Gasteiger partial charge in [0.1, 0.15) is 0 Å². The van der Waals surface area contributed by atoms with Gasteiger partial charge in [0.15, 0.2) is 5.95 Å². The number of nitrogens with zero attached hydrogens (tertiary/aromatic N) is 2. The number of aromatic nitrogens is 2. The summed E-state index contributed by atoms with van der Waals surface area (Å²) in [7, 11) is 0. The molecule has 0 fully saturated rings. The number of anilines is 1. The van der Waals surface area contributed by atoms with Gasteiger partial charge in [0.2, 0.25) is 0 Å². The summed E-state index contributed by atoms with van der Waals surface area (Å²) in [5, 5.41) is 0.789. The predicted molar refractivity (Wildman–Crippen MR) is 61.9 cm³/mol. The molecule has 15 heavy (non-hydrogen) atoms. The zero-order chi connectivity index (χ0) is 10.8. The molecule has 0 saturated carbocycles. The van der Waals surface area contributed by atoms with E-state index in [-0.39, 0.29) is 0 Å². The molecule has 0 radical (unpaired) electrons. The van der Waals surface area contributed by atoms with Crippen molar-refractivity contribution < 1.29 is 0 Å². The van der Waals surface area contributed by atoms with Crippen molar-refractivity contribution in [3.8, 4) is 0 Å². The van der Waals surface area contributed by atoms with Crippen molar-refractivity contribution in [1.29, 1.82) is 0 Å². The average molecular weight is 222 g/mol. The summed E-state index contributed by atoms with van der Waals surface area (Å²) in [6, 6.07) is 5.95. The lowest BCUT2D eigenvalue weighted by molar-refractivity contribution is 0.810.